The molecule has 0 aromatic heterocycles. The molecular weight excluding hydrogens is 188 g/mol. The zero-order valence-electron chi connectivity index (χ0n) is 8.93. The summed E-state index contributed by atoms with van der Waals surface area (Å²) < 4.78 is 4.85. The third kappa shape index (κ3) is 13.9. The largest absolute Gasteiger partial charge is 0.479 e. The first-order valence-electron chi connectivity index (χ1n) is 4.59. The van der Waals surface area contributed by atoms with Gasteiger partial charge in [-0.15, -0.1) is 0 Å². The van der Waals surface area contributed by atoms with Gasteiger partial charge in [-0.05, 0) is 20.3 Å². The fourth-order valence-electron chi connectivity index (χ4n) is 0.366. The molecule has 0 aliphatic carbocycles. The van der Waals surface area contributed by atoms with Crippen LogP contribution in [0.2, 0.25) is 0 Å². The first-order chi connectivity index (χ1) is 6.45. The van der Waals surface area contributed by atoms with Crippen molar-refractivity contribution in [2.24, 2.45) is 0 Å². The molecule has 86 valence electrons. The predicted molar refractivity (Wildman–Crippen MR) is 52.1 cm³/mol. The van der Waals surface area contributed by atoms with Crippen LogP contribution in [0.5, 0.6) is 0 Å². The van der Waals surface area contributed by atoms with E-state index >= 15 is 0 Å². The number of aliphatic carboxylic acids is 1. The molecular formula is C9H20O5. The molecule has 0 rings (SSSR count). The Bertz CT molecular complexity index is 135. The maximum atomic E-state index is 10.1. The summed E-state index contributed by atoms with van der Waals surface area (Å²) >= 11 is 0. The quantitative estimate of drug-likeness (QED) is 0.602. The van der Waals surface area contributed by atoms with Crippen molar-refractivity contribution < 1.29 is 24.9 Å². The summed E-state index contributed by atoms with van der Waals surface area (Å²) in [5.74, 6) is -0.900. The number of carboxylic acids is 1. The van der Waals surface area contributed by atoms with Gasteiger partial charge in [-0.1, -0.05) is 6.92 Å². The lowest BCUT2D eigenvalue weighted by Crippen LogP contribution is -2.19. The van der Waals surface area contributed by atoms with Gasteiger partial charge in [0.1, 0.15) is 0 Å². The fourth-order valence-corrected chi connectivity index (χ4v) is 0.366. The zero-order chi connectivity index (χ0) is 11.6. The van der Waals surface area contributed by atoms with E-state index in [-0.39, 0.29) is 6.61 Å². The van der Waals surface area contributed by atoms with Crippen molar-refractivity contribution in [2.45, 2.75) is 39.4 Å². The van der Waals surface area contributed by atoms with Gasteiger partial charge in [0.2, 0.25) is 0 Å². The molecule has 0 heterocycles. The van der Waals surface area contributed by atoms with E-state index in [0.29, 0.717) is 6.61 Å². The summed E-state index contributed by atoms with van der Waals surface area (Å²) in [6.07, 6.45) is -0.364. The van der Waals surface area contributed by atoms with Gasteiger partial charge in [0.15, 0.2) is 6.10 Å². The van der Waals surface area contributed by atoms with E-state index in [2.05, 4.69) is 0 Å². The van der Waals surface area contributed by atoms with Gasteiger partial charge < -0.3 is 20.1 Å². The van der Waals surface area contributed by atoms with Gasteiger partial charge in [-0.2, -0.15) is 0 Å². The average molecular weight is 208 g/mol. The van der Waals surface area contributed by atoms with Gasteiger partial charge >= 0.3 is 5.97 Å². The van der Waals surface area contributed by atoms with Crippen molar-refractivity contribution in [3.05, 3.63) is 0 Å². The number of aliphatic hydroxyl groups excluding tert-OH is 2. The van der Waals surface area contributed by atoms with Gasteiger partial charge in [-0.3, -0.25) is 0 Å². The van der Waals surface area contributed by atoms with Crippen LogP contribution >= 0.6 is 0 Å². The summed E-state index contributed by atoms with van der Waals surface area (Å²) in [6, 6.07) is 0. The molecule has 0 fully saturated rings. The Morgan fingerprint density at radius 2 is 1.86 bits per heavy atom. The van der Waals surface area contributed by atoms with E-state index in [9.17, 15) is 4.79 Å². The molecule has 5 nitrogen and oxygen atoms in total. The van der Waals surface area contributed by atoms with Crippen molar-refractivity contribution in [3.63, 3.8) is 0 Å². The zero-order valence-corrected chi connectivity index (χ0v) is 8.93. The van der Waals surface area contributed by atoms with Gasteiger partial charge in [0, 0.05) is 6.61 Å². The van der Waals surface area contributed by atoms with Crippen LogP contribution in [0.1, 0.15) is 27.2 Å². The van der Waals surface area contributed by atoms with Crippen molar-refractivity contribution in [3.8, 4) is 0 Å². The number of ether oxygens (including phenoxy) is 1. The van der Waals surface area contributed by atoms with E-state index in [1.54, 1.807) is 0 Å². The first-order valence-corrected chi connectivity index (χ1v) is 4.59. The summed E-state index contributed by atoms with van der Waals surface area (Å²) in [5.41, 5.74) is 0. The molecule has 0 aromatic carbocycles. The molecule has 14 heavy (non-hydrogen) atoms. The maximum Gasteiger partial charge on any atom is 0.332 e. The second kappa shape index (κ2) is 10.4. The van der Waals surface area contributed by atoms with Crippen molar-refractivity contribution in [1.82, 2.24) is 0 Å². The number of rotatable bonds is 5. The van der Waals surface area contributed by atoms with Crippen LogP contribution in [0.3, 0.4) is 0 Å². The van der Waals surface area contributed by atoms with Gasteiger partial charge in [-0.25, -0.2) is 4.79 Å². The van der Waals surface area contributed by atoms with E-state index in [0.717, 1.165) is 6.42 Å². The molecule has 0 bridgehead atoms. The third-order valence-corrected chi connectivity index (χ3v) is 1.18. The second-order valence-electron chi connectivity index (χ2n) is 2.88. The van der Waals surface area contributed by atoms with Crippen LogP contribution in [-0.4, -0.2) is 46.7 Å². The molecule has 0 saturated heterocycles. The van der Waals surface area contributed by atoms with Crippen LogP contribution < -0.4 is 0 Å². The number of carboxylic acid groups (broad SMARTS) is 1. The molecule has 0 saturated carbocycles. The molecule has 2 atom stereocenters. The lowest BCUT2D eigenvalue weighted by Gasteiger charge is -2.05. The van der Waals surface area contributed by atoms with Gasteiger partial charge in [0.25, 0.3) is 0 Å². The molecule has 0 radical (unpaired) electrons. The highest BCUT2D eigenvalue weighted by Crippen LogP contribution is 1.90. The SMILES string of the molecule is CC(O)CO.CCCOC(C)C(=O)O. The lowest BCUT2D eigenvalue weighted by molar-refractivity contribution is -0.149. The minimum absolute atomic E-state index is 0.139. The van der Waals surface area contributed by atoms with Gasteiger partial charge in [0.05, 0.1) is 12.7 Å². The Kier molecular flexibility index (Phi) is 11.8. The molecule has 5 heteroatoms. The number of carbonyl (C=O) groups is 1. The molecule has 0 spiro atoms. The van der Waals surface area contributed by atoms with E-state index < -0.39 is 18.2 Å². The Labute approximate surface area is 84.3 Å². The molecule has 0 amide bonds. The van der Waals surface area contributed by atoms with Crippen molar-refractivity contribution in [1.29, 1.82) is 0 Å². The molecule has 0 aliphatic heterocycles. The summed E-state index contributed by atoms with van der Waals surface area (Å²) in [6.45, 7) is 5.38. The van der Waals surface area contributed by atoms with Crippen molar-refractivity contribution >= 4 is 5.97 Å². The lowest BCUT2D eigenvalue weighted by atomic mass is 10.4. The topological polar surface area (TPSA) is 87.0 Å². The van der Waals surface area contributed by atoms with E-state index in [4.69, 9.17) is 20.1 Å². The first kappa shape index (κ1) is 15.8. The highest BCUT2D eigenvalue weighted by molar-refractivity contribution is 5.71. The Hall–Kier alpha value is -0.650. The Balaban J connectivity index is 0. The van der Waals surface area contributed by atoms with Crippen LogP contribution in [-0.2, 0) is 9.53 Å². The van der Waals surface area contributed by atoms with E-state index in [1.165, 1.54) is 13.8 Å². The van der Waals surface area contributed by atoms with Crippen molar-refractivity contribution in [2.75, 3.05) is 13.2 Å². The molecule has 0 aromatic rings. The summed E-state index contributed by atoms with van der Waals surface area (Å²) in [4.78, 5) is 10.1. The second-order valence-corrected chi connectivity index (χ2v) is 2.88. The minimum Gasteiger partial charge on any atom is -0.479 e. The summed E-state index contributed by atoms with van der Waals surface area (Å²) in [7, 11) is 0. The monoisotopic (exact) mass is 208 g/mol. The maximum absolute atomic E-state index is 10.1. The smallest absolute Gasteiger partial charge is 0.332 e. The van der Waals surface area contributed by atoms with Crippen LogP contribution in [0.15, 0.2) is 0 Å². The molecule has 0 aliphatic rings. The number of hydrogen-bond donors (Lipinski definition) is 3. The third-order valence-electron chi connectivity index (χ3n) is 1.18. The highest BCUT2D eigenvalue weighted by atomic mass is 16.5. The Morgan fingerprint density at radius 1 is 1.43 bits per heavy atom. The number of hydrogen-bond acceptors (Lipinski definition) is 4. The normalized spacial score (nSPS) is 13.8. The highest BCUT2D eigenvalue weighted by Gasteiger charge is 2.08. The standard InChI is InChI=1S/C6H12O3.C3H8O2/c1-3-4-9-5(2)6(7)8;1-3(5)2-4/h5H,3-4H2,1-2H3,(H,7,8);3-5H,2H2,1H3. The van der Waals surface area contributed by atoms with Crippen LogP contribution in [0.4, 0.5) is 0 Å². The summed E-state index contributed by atoms with van der Waals surface area (Å²) in [5, 5.41) is 24.3. The Morgan fingerprint density at radius 3 is 2.07 bits per heavy atom. The predicted octanol–water partition coefficient (Wildman–Crippen LogP) is 0.246. The van der Waals surface area contributed by atoms with E-state index in [1.807, 2.05) is 6.92 Å². The number of aliphatic hydroxyl groups is 2. The minimum atomic E-state index is -0.900. The fraction of sp³-hybridized carbons (Fsp3) is 0.889. The molecule has 3 N–H and O–H groups in total. The van der Waals surface area contributed by atoms with Crippen LogP contribution in [0, 0.1) is 0 Å². The van der Waals surface area contributed by atoms with Crippen LogP contribution in [0.25, 0.3) is 0 Å². The molecule has 2 unspecified atom stereocenters. The average Bonchev–Trinajstić information content (AvgIpc) is 2.14.